The third kappa shape index (κ3) is 3.89. The van der Waals surface area contributed by atoms with Crippen LogP contribution in [0.25, 0.3) is 0 Å². The van der Waals surface area contributed by atoms with Gasteiger partial charge in [0, 0.05) is 0 Å². The smallest absolute Gasteiger partial charge is 0.242 e. The van der Waals surface area contributed by atoms with Crippen LogP contribution in [0.4, 0.5) is 0 Å². The van der Waals surface area contributed by atoms with Gasteiger partial charge in [-0.25, -0.2) is 0 Å². The number of hydrogen-bond acceptors (Lipinski definition) is 2. The van der Waals surface area contributed by atoms with E-state index in [1.165, 1.54) is 38.5 Å². The van der Waals surface area contributed by atoms with Crippen molar-refractivity contribution in [1.82, 2.24) is 0 Å². The van der Waals surface area contributed by atoms with Gasteiger partial charge >= 0.3 is 0 Å². The highest BCUT2D eigenvalue weighted by Gasteiger charge is 2.55. The van der Waals surface area contributed by atoms with Crippen molar-refractivity contribution in [3.05, 3.63) is 29.3 Å². The third-order valence-electron chi connectivity index (χ3n) is 7.53. The molecule has 0 aromatic heterocycles. The number of aryl methyl sites for hydroxylation is 1. The van der Waals surface area contributed by atoms with Crippen LogP contribution in [0.2, 0.25) is 39.3 Å². The van der Waals surface area contributed by atoms with Gasteiger partial charge in [0.1, 0.15) is 5.75 Å². The Morgan fingerprint density at radius 1 is 0.929 bits per heavy atom. The highest BCUT2D eigenvalue weighted by Crippen LogP contribution is 2.61. The van der Waals surface area contributed by atoms with Crippen LogP contribution in [0, 0.1) is 17.3 Å². The van der Waals surface area contributed by atoms with Gasteiger partial charge in [-0.05, 0) is 124 Å². The first-order chi connectivity index (χ1) is 13.0. The number of rotatable bonds is 4. The standard InChI is InChI=1S/C24H40O2Si2/c1-24-15-14-20-19-11-9-18(25-27(2,3)4)16-17(19)8-10-21(20)22(24)12-13-23(24)26-28(5,6)7/h9,11,16,20-23H,8,10,12-15H2,1-7H3/t20-,21?,22+,23+,24+/m1/s1. The Labute approximate surface area is 174 Å². The van der Waals surface area contributed by atoms with E-state index in [9.17, 15) is 0 Å². The van der Waals surface area contributed by atoms with E-state index >= 15 is 0 Å². The quantitative estimate of drug-likeness (QED) is 0.493. The van der Waals surface area contributed by atoms with Crippen LogP contribution in [0.1, 0.15) is 56.1 Å². The zero-order valence-electron chi connectivity index (χ0n) is 19.1. The average molecular weight is 417 g/mol. The van der Waals surface area contributed by atoms with Crippen molar-refractivity contribution >= 4 is 16.6 Å². The summed E-state index contributed by atoms with van der Waals surface area (Å²) in [7, 11) is -3.03. The molecule has 0 saturated heterocycles. The van der Waals surface area contributed by atoms with Crippen LogP contribution in [0.5, 0.6) is 5.75 Å². The Bertz CT molecular complexity index is 733. The highest BCUT2D eigenvalue weighted by atomic mass is 28.4. The highest BCUT2D eigenvalue weighted by molar-refractivity contribution is 6.70. The van der Waals surface area contributed by atoms with E-state index < -0.39 is 16.6 Å². The number of fused-ring (bicyclic) bond motifs is 5. The molecule has 5 atom stereocenters. The second kappa shape index (κ2) is 6.99. The first kappa shape index (κ1) is 20.7. The maximum absolute atomic E-state index is 6.71. The van der Waals surface area contributed by atoms with Crippen LogP contribution in [-0.2, 0) is 10.8 Å². The zero-order chi connectivity index (χ0) is 20.3. The summed E-state index contributed by atoms with van der Waals surface area (Å²) >= 11 is 0. The van der Waals surface area contributed by atoms with E-state index in [1.807, 2.05) is 0 Å². The van der Waals surface area contributed by atoms with E-state index in [4.69, 9.17) is 8.85 Å². The van der Waals surface area contributed by atoms with Crippen LogP contribution >= 0.6 is 0 Å². The molecule has 2 saturated carbocycles. The molecule has 0 amide bonds. The van der Waals surface area contributed by atoms with E-state index in [1.54, 1.807) is 11.1 Å². The fraction of sp³-hybridized carbons (Fsp3) is 0.750. The third-order valence-corrected chi connectivity index (χ3v) is 9.37. The molecule has 0 heterocycles. The molecule has 4 heteroatoms. The molecule has 3 aliphatic carbocycles. The fourth-order valence-corrected chi connectivity index (χ4v) is 8.62. The van der Waals surface area contributed by atoms with Crippen LogP contribution in [0.3, 0.4) is 0 Å². The fourth-order valence-electron chi connectivity index (χ4n) is 6.55. The van der Waals surface area contributed by atoms with Gasteiger partial charge in [-0.2, -0.15) is 0 Å². The number of benzene rings is 1. The SMILES string of the molecule is C[C@]12CC[C@@H]3c4ccc(O[Si](C)(C)C)cc4CCC3[C@@H]1CC[C@@H]2O[Si](C)(C)C. The lowest BCUT2D eigenvalue weighted by Gasteiger charge is -2.51. The van der Waals surface area contributed by atoms with Gasteiger partial charge in [-0.1, -0.05) is 13.0 Å². The van der Waals surface area contributed by atoms with Gasteiger partial charge in [0.2, 0.25) is 8.32 Å². The summed E-state index contributed by atoms with van der Waals surface area (Å²) in [5, 5.41) is 0. The van der Waals surface area contributed by atoms with Crippen LogP contribution in [0.15, 0.2) is 18.2 Å². The lowest BCUT2D eigenvalue weighted by molar-refractivity contribution is -0.0140. The predicted octanol–water partition coefficient (Wildman–Crippen LogP) is 6.98. The number of hydrogen-bond donors (Lipinski definition) is 0. The summed E-state index contributed by atoms with van der Waals surface area (Å²) in [5.74, 6) is 3.55. The average Bonchev–Trinajstić information content (AvgIpc) is 2.88. The van der Waals surface area contributed by atoms with E-state index in [0.717, 1.165) is 23.5 Å². The van der Waals surface area contributed by atoms with Crippen molar-refractivity contribution in [1.29, 1.82) is 0 Å². The van der Waals surface area contributed by atoms with Crippen molar-refractivity contribution in [3.63, 3.8) is 0 Å². The van der Waals surface area contributed by atoms with Crippen LogP contribution in [-0.4, -0.2) is 22.7 Å². The molecule has 2 nitrogen and oxygen atoms in total. The molecule has 1 aromatic rings. The summed E-state index contributed by atoms with van der Waals surface area (Å²) in [4.78, 5) is 0. The molecule has 4 rings (SSSR count). The van der Waals surface area contributed by atoms with E-state index in [2.05, 4.69) is 64.4 Å². The molecular formula is C24H40O2Si2. The molecule has 0 N–H and O–H groups in total. The van der Waals surface area contributed by atoms with Crippen molar-refractivity contribution < 1.29 is 8.85 Å². The maximum Gasteiger partial charge on any atom is 0.242 e. The summed E-state index contributed by atoms with van der Waals surface area (Å²) in [6.07, 6.45) is 8.41. The Morgan fingerprint density at radius 3 is 2.36 bits per heavy atom. The van der Waals surface area contributed by atoms with Crippen LogP contribution < -0.4 is 4.43 Å². The Hall–Kier alpha value is -0.586. The van der Waals surface area contributed by atoms with Gasteiger partial charge in [0.15, 0.2) is 8.32 Å². The maximum atomic E-state index is 6.71. The zero-order valence-corrected chi connectivity index (χ0v) is 21.1. The lowest BCUT2D eigenvalue weighted by Crippen LogP contribution is -2.47. The molecule has 1 aromatic carbocycles. The molecule has 0 radical (unpaired) electrons. The largest absolute Gasteiger partial charge is 0.544 e. The van der Waals surface area contributed by atoms with Gasteiger partial charge in [0.05, 0.1) is 6.10 Å². The second-order valence-corrected chi connectivity index (χ2v) is 20.7. The predicted molar refractivity (Wildman–Crippen MR) is 123 cm³/mol. The molecule has 0 bridgehead atoms. The van der Waals surface area contributed by atoms with Crippen molar-refractivity contribution in [2.75, 3.05) is 0 Å². The molecular weight excluding hydrogens is 376 g/mol. The molecule has 28 heavy (non-hydrogen) atoms. The molecule has 2 fully saturated rings. The monoisotopic (exact) mass is 416 g/mol. The van der Waals surface area contributed by atoms with Crippen molar-refractivity contribution in [2.24, 2.45) is 17.3 Å². The topological polar surface area (TPSA) is 18.5 Å². The molecule has 156 valence electrons. The molecule has 1 unspecified atom stereocenters. The Morgan fingerprint density at radius 2 is 1.68 bits per heavy atom. The summed E-state index contributed by atoms with van der Waals surface area (Å²) < 4.78 is 13.0. The van der Waals surface area contributed by atoms with Gasteiger partial charge in [-0.15, -0.1) is 0 Å². The first-order valence-electron chi connectivity index (χ1n) is 11.5. The molecule has 0 aliphatic heterocycles. The lowest BCUT2D eigenvalue weighted by atomic mass is 9.55. The van der Waals surface area contributed by atoms with Crippen molar-refractivity contribution in [3.8, 4) is 5.75 Å². The molecule has 3 aliphatic rings. The Kier molecular flexibility index (Phi) is 5.16. The summed E-state index contributed by atoms with van der Waals surface area (Å²) in [5.41, 5.74) is 3.60. The van der Waals surface area contributed by atoms with Gasteiger partial charge in [-0.3, -0.25) is 0 Å². The minimum absolute atomic E-state index is 0.403. The summed E-state index contributed by atoms with van der Waals surface area (Å²) in [6, 6.07) is 7.03. The second-order valence-electron chi connectivity index (χ2n) is 11.8. The normalized spacial score (nSPS) is 35.1. The van der Waals surface area contributed by atoms with Gasteiger partial charge in [0.25, 0.3) is 0 Å². The Balaban J connectivity index is 1.56. The van der Waals surface area contributed by atoms with E-state index in [0.29, 0.717) is 11.5 Å². The minimum atomic E-state index is -1.54. The summed E-state index contributed by atoms with van der Waals surface area (Å²) in [6.45, 7) is 16.4. The van der Waals surface area contributed by atoms with Gasteiger partial charge < -0.3 is 8.85 Å². The first-order valence-corrected chi connectivity index (χ1v) is 18.3. The van der Waals surface area contributed by atoms with E-state index in [-0.39, 0.29) is 0 Å². The minimum Gasteiger partial charge on any atom is -0.544 e. The molecule has 0 spiro atoms. The van der Waals surface area contributed by atoms with Crippen molar-refractivity contribution in [2.45, 2.75) is 96.8 Å².